The summed E-state index contributed by atoms with van der Waals surface area (Å²) in [6.07, 6.45) is 0. The summed E-state index contributed by atoms with van der Waals surface area (Å²) in [6, 6.07) is 5.69. The number of benzene rings is 1. The van der Waals surface area contributed by atoms with Crippen molar-refractivity contribution in [2.75, 3.05) is 5.73 Å². The Balaban J connectivity index is 2.70. The summed E-state index contributed by atoms with van der Waals surface area (Å²) in [4.78, 5) is 11.8. The van der Waals surface area contributed by atoms with Crippen molar-refractivity contribution in [3.63, 3.8) is 0 Å². The summed E-state index contributed by atoms with van der Waals surface area (Å²) < 4.78 is 15.8. The molecule has 1 aromatic heterocycles. The van der Waals surface area contributed by atoms with E-state index in [0.29, 0.717) is 11.4 Å². The van der Waals surface area contributed by atoms with E-state index in [1.807, 2.05) is 0 Å². The summed E-state index contributed by atoms with van der Waals surface area (Å²) in [7, 11) is 1.73. The van der Waals surface area contributed by atoms with E-state index in [0.717, 1.165) is 0 Å². The molecule has 0 bridgehead atoms. The fourth-order valence-electron chi connectivity index (χ4n) is 1.60. The van der Waals surface area contributed by atoms with Crippen LogP contribution in [0.25, 0.3) is 5.69 Å². The summed E-state index contributed by atoms with van der Waals surface area (Å²) in [5, 5.41) is 0. The number of nitrogens with zero attached hydrogens (tertiary/aromatic N) is 2. The van der Waals surface area contributed by atoms with E-state index in [4.69, 9.17) is 5.73 Å². The summed E-state index contributed by atoms with van der Waals surface area (Å²) >= 11 is 0. The maximum absolute atomic E-state index is 12.8. The second-order valence-electron chi connectivity index (χ2n) is 3.62. The van der Waals surface area contributed by atoms with E-state index >= 15 is 0 Å². The summed E-state index contributed by atoms with van der Waals surface area (Å²) in [5.41, 5.74) is 6.85. The van der Waals surface area contributed by atoms with E-state index < -0.39 is 0 Å². The summed E-state index contributed by atoms with van der Waals surface area (Å²) in [6.45, 7) is 1.76. The van der Waals surface area contributed by atoms with Crippen LogP contribution in [0.1, 0.15) is 5.69 Å². The number of hydrogen-bond donors (Lipinski definition) is 1. The zero-order chi connectivity index (χ0) is 11.9. The van der Waals surface area contributed by atoms with Crippen molar-refractivity contribution in [2.24, 2.45) is 7.05 Å². The predicted octanol–water partition coefficient (Wildman–Crippen LogP) is 1.21. The minimum absolute atomic E-state index is 0.215. The molecule has 4 nitrogen and oxygen atoms in total. The third-order valence-corrected chi connectivity index (χ3v) is 2.67. The topological polar surface area (TPSA) is 53.0 Å². The van der Waals surface area contributed by atoms with Crippen molar-refractivity contribution >= 4 is 5.69 Å². The number of anilines is 1. The molecule has 0 aliphatic carbocycles. The number of hydrogen-bond acceptors (Lipinski definition) is 2. The fourth-order valence-corrected chi connectivity index (χ4v) is 1.60. The van der Waals surface area contributed by atoms with Gasteiger partial charge in [-0.2, -0.15) is 0 Å². The normalized spacial score (nSPS) is 10.7. The Bertz CT molecular complexity index is 581. The molecule has 0 atom stereocenters. The van der Waals surface area contributed by atoms with Crippen molar-refractivity contribution in [3.8, 4) is 5.69 Å². The molecule has 0 fully saturated rings. The number of nitrogens with two attached hydrogens (primary N) is 1. The number of halogens is 1. The van der Waals surface area contributed by atoms with E-state index in [1.165, 1.54) is 28.9 Å². The largest absolute Gasteiger partial charge is 0.393 e. The van der Waals surface area contributed by atoms with Gasteiger partial charge in [-0.1, -0.05) is 0 Å². The van der Waals surface area contributed by atoms with Crippen LogP contribution in [0, 0.1) is 12.7 Å². The zero-order valence-electron chi connectivity index (χ0n) is 9.07. The first-order chi connectivity index (χ1) is 7.52. The van der Waals surface area contributed by atoms with Crippen molar-refractivity contribution in [1.82, 2.24) is 9.36 Å². The molecule has 0 saturated heterocycles. The maximum atomic E-state index is 12.8. The Labute approximate surface area is 91.7 Å². The zero-order valence-corrected chi connectivity index (χ0v) is 9.07. The van der Waals surface area contributed by atoms with E-state index in [-0.39, 0.29) is 17.1 Å². The lowest BCUT2D eigenvalue weighted by atomic mass is 10.3. The fraction of sp³-hybridized carbons (Fsp3) is 0.182. The monoisotopic (exact) mass is 221 g/mol. The smallest absolute Gasteiger partial charge is 0.294 e. The lowest BCUT2D eigenvalue weighted by Crippen LogP contribution is -2.20. The van der Waals surface area contributed by atoms with Gasteiger partial charge in [-0.25, -0.2) is 9.07 Å². The summed E-state index contributed by atoms with van der Waals surface area (Å²) in [5.74, 6) is -0.337. The molecule has 0 spiro atoms. The Morgan fingerprint density at radius 1 is 1.25 bits per heavy atom. The van der Waals surface area contributed by atoms with Gasteiger partial charge in [-0.15, -0.1) is 0 Å². The van der Waals surface area contributed by atoms with Gasteiger partial charge in [0.1, 0.15) is 11.5 Å². The van der Waals surface area contributed by atoms with Crippen LogP contribution in [0.4, 0.5) is 10.1 Å². The molecule has 0 aliphatic rings. The molecule has 0 amide bonds. The predicted molar refractivity (Wildman–Crippen MR) is 60.1 cm³/mol. The first-order valence-corrected chi connectivity index (χ1v) is 4.82. The van der Waals surface area contributed by atoms with E-state index in [1.54, 1.807) is 18.7 Å². The molecule has 16 heavy (non-hydrogen) atoms. The molecule has 0 saturated carbocycles. The number of nitrogen functional groups attached to an aromatic ring is 1. The van der Waals surface area contributed by atoms with Gasteiger partial charge in [-0.3, -0.25) is 9.48 Å². The van der Waals surface area contributed by atoms with Gasteiger partial charge in [0.05, 0.1) is 11.4 Å². The lowest BCUT2D eigenvalue weighted by Gasteiger charge is -2.07. The minimum atomic E-state index is -0.337. The van der Waals surface area contributed by atoms with E-state index in [9.17, 15) is 9.18 Å². The highest BCUT2D eigenvalue weighted by molar-refractivity contribution is 5.44. The van der Waals surface area contributed by atoms with E-state index in [2.05, 4.69) is 0 Å². The maximum Gasteiger partial charge on any atom is 0.294 e. The average Bonchev–Trinajstić information content (AvgIpc) is 2.46. The molecule has 0 radical (unpaired) electrons. The Morgan fingerprint density at radius 3 is 2.25 bits per heavy atom. The van der Waals surface area contributed by atoms with Gasteiger partial charge in [0.15, 0.2) is 0 Å². The van der Waals surface area contributed by atoms with Crippen LogP contribution in [0.15, 0.2) is 29.1 Å². The second-order valence-corrected chi connectivity index (χ2v) is 3.62. The highest BCUT2D eigenvalue weighted by Crippen LogP contribution is 2.11. The van der Waals surface area contributed by atoms with Gasteiger partial charge in [0, 0.05) is 7.05 Å². The van der Waals surface area contributed by atoms with Crippen LogP contribution in [0.3, 0.4) is 0 Å². The van der Waals surface area contributed by atoms with Crippen molar-refractivity contribution < 1.29 is 4.39 Å². The second kappa shape index (κ2) is 3.52. The highest BCUT2D eigenvalue weighted by Gasteiger charge is 2.12. The van der Waals surface area contributed by atoms with Crippen LogP contribution in [0.2, 0.25) is 0 Å². The minimum Gasteiger partial charge on any atom is -0.393 e. The highest BCUT2D eigenvalue weighted by atomic mass is 19.1. The number of aromatic nitrogens is 2. The molecule has 2 N–H and O–H groups in total. The average molecular weight is 221 g/mol. The molecule has 1 heterocycles. The quantitative estimate of drug-likeness (QED) is 0.786. The van der Waals surface area contributed by atoms with Crippen molar-refractivity contribution in [2.45, 2.75) is 6.92 Å². The van der Waals surface area contributed by atoms with Crippen molar-refractivity contribution in [3.05, 3.63) is 46.1 Å². The van der Waals surface area contributed by atoms with Crippen molar-refractivity contribution in [1.29, 1.82) is 0 Å². The molecule has 1 aromatic carbocycles. The molecular weight excluding hydrogens is 209 g/mol. The Kier molecular flexibility index (Phi) is 2.30. The molecule has 84 valence electrons. The molecule has 0 unspecified atom stereocenters. The standard InChI is InChI=1S/C11H12FN3O/c1-7-10(13)11(16)15(14(7)2)9-5-3-8(12)4-6-9/h3-6H,13H2,1-2H3. The van der Waals surface area contributed by atoms with Gasteiger partial charge < -0.3 is 5.73 Å². The first kappa shape index (κ1) is 10.5. The van der Waals surface area contributed by atoms with Crippen LogP contribution in [0.5, 0.6) is 0 Å². The van der Waals surface area contributed by atoms with Crippen LogP contribution in [-0.4, -0.2) is 9.36 Å². The molecule has 0 aliphatic heterocycles. The molecule has 2 aromatic rings. The van der Waals surface area contributed by atoms with Gasteiger partial charge in [0.2, 0.25) is 0 Å². The molecular formula is C11H12FN3O. The molecule has 5 heteroatoms. The number of rotatable bonds is 1. The van der Waals surface area contributed by atoms with Gasteiger partial charge in [0.25, 0.3) is 5.56 Å². The molecule has 2 rings (SSSR count). The Morgan fingerprint density at radius 2 is 1.81 bits per heavy atom. The van der Waals surface area contributed by atoms with Gasteiger partial charge in [-0.05, 0) is 31.2 Å². The SMILES string of the molecule is Cc1c(N)c(=O)n(-c2ccc(F)cc2)n1C. The lowest BCUT2D eigenvalue weighted by molar-refractivity contribution is 0.615. The van der Waals surface area contributed by atoms with Crippen LogP contribution < -0.4 is 11.3 Å². The third-order valence-electron chi connectivity index (χ3n) is 2.67. The first-order valence-electron chi connectivity index (χ1n) is 4.82. The Hall–Kier alpha value is -2.04. The van der Waals surface area contributed by atoms with Crippen LogP contribution in [-0.2, 0) is 7.05 Å². The third kappa shape index (κ3) is 1.41. The van der Waals surface area contributed by atoms with Crippen LogP contribution >= 0.6 is 0 Å². The van der Waals surface area contributed by atoms with Gasteiger partial charge >= 0.3 is 0 Å².